The number of likely N-dealkylation sites (tertiary alicyclic amines) is 1. The first-order valence-electron chi connectivity index (χ1n) is 8.73. The van der Waals surface area contributed by atoms with Crippen LogP contribution in [0, 0.1) is 11.8 Å². The van der Waals surface area contributed by atoms with Crippen LogP contribution in [0.3, 0.4) is 0 Å². The molecule has 2 aliphatic rings. The molecule has 3 rings (SSSR count). The molecule has 1 aliphatic carbocycles. The first kappa shape index (κ1) is 18.8. The Morgan fingerprint density at radius 1 is 1.35 bits per heavy atom. The molecule has 1 aromatic rings. The van der Waals surface area contributed by atoms with E-state index < -0.39 is 0 Å². The molecule has 130 valence electrons. The highest BCUT2D eigenvalue weighted by Crippen LogP contribution is 2.33. The fourth-order valence-corrected chi connectivity index (χ4v) is 4.92. The molecule has 5 heteroatoms. The molecule has 23 heavy (non-hydrogen) atoms. The van der Waals surface area contributed by atoms with Gasteiger partial charge in [-0.25, -0.2) is 0 Å². The fourth-order valence-electron chi connectivity index (χ4n) is 3.74. The van der Waals surface area contributed by atoms with Crippen LogP contribution in [0.2, 0.25) is 0 Å². The molecule has 1 aromatic heterocycles. The molecular formula is C18H29ClN2OS. The highest BCUT2D eigenvalue weighted by Gasteiger charge is 2.26. The summed E-state index contributed by atoms with van der Waals surface area (Å²) in [6.45, 7) is 5.28. The summed E-state index contributed by atoms with van der Waals surface area (Å²) in [4.78, 5) is 17.3. The van der Waals surface area contributed by atoms with E-state index in [0.717, 1.165) is 55.6 Å². The van der Waals surface area contributed by atoms with E-state index in [9.17, 15) is 4.79 Å². The fraction of sp³-hybridized carbons (Fsp3) is 0.722. The molecule has 0 spiro atoms. The molecule has 1 saturated heterocycles. The summed E-state index contributed by atoms with van der Waals surface area (Å²) in [5, 5.41) is 3.23. The SMILES string of the molecule is CNCCC1CCN(C(=O)c2cc3c(s2)CCC(C)C3)CC1.Cl. The van der Waals surface area contributed by atoms with Crippen molar-refractivity contribution < 1.29 is 4.79 Å². The standard InChI is InChI=1S/C18H28N2OS.ClH/c1-13-3-4-16-15(11-13)12-17(22-16)18(21)20-9-6-14(7-10-20)5-8-19-2;/h12-14,19H,3-11H2,1-2H3;1H. The summed E-state index contributed by atoms with van der Waals surface area (Å²) in [5.74, 6) is 1.83. The van der Waals surface area contributed by atoms with Crippen molar-refractivity contribution in [1.82, 2.24) is 10.2 Å². The average Bonchev–Trinajstić information content (AvgIpc) is 2.95. The van der Waals surface area contributed by atoms with E-state index in [0.29, 0.717) is 0 Å². The maximum atomic E-state index is 12.7. The van der Waals surface area contributed by atoms with Crippen molar-refractivity contribution in [1.29, 1.82) is 0 Å². The number of amides is 1. The Bertz CT molecular complexity index is 523. The second-order valence-corrected chi connectivity index (χ2v) is 8.17. The maximum absolute atomic E-state index is 12.7. The molecule has 2 heterocycles. The van der Waals surface area contributed by atoms with E-state index in [1.54, 1.807) is 11.3 Å². The van der Waals surface area contributed by atoms with Crippen LogP contribution in [0.25, 0.3) is 0 Å². The van der Waals surface area contributed by atoms with Crippen molar-refractivity contribution in [3.8, 4) is 0 Å². The molecule has 3 nitrogen and oxygen atoms in total. The van der Waals surface area contributed by atoms with Crippen LogP contribution in [-0.2, 0) is 12.8 Å². The van der Waals surface area contributed by atoms with Gasteiger partial charge in [0.25, 0.3) is 5.91 Å². The molecule has 1 fully saturated rings. The second-order valence-electron chi connectivity index (χ2n) is 7.03. The van der Waals surface area contributed by atoms with E-state index in [1.807, 2.05) is 7.05 Å². The number of nitrogens with zero attached hydrogens (tertiary/aromatic N) is 1. The molecule has 1 amide bonds. The third kappa shape index (κ3) is 4.49. The first-order chi connectivity index (χ1) is 10.7. The zero-order valence-corrected chi connectivity index (χ0v) is 15.9. The van der Waals surface area contributed by atoms with Crippen molar-refractivity contribution >= 4 is 29.7 Å². The van der Waals surface area contributed by atoms with Gasteiger partial charge in [0, 0.05) is 18.0 Å². The summed E-state index contributed by atoms with van der Waals surface area (Å²) in [6, 6.07) is 2.19. The van der Waals surface area contributed by atoms with Gasteiger partial charge in [-0.3, -0.25) is 4.79 Å². The Hall–Kier alpha value is -0.580. The zero-order chi connectivity index (χ0) is 15.5. The molecule has 0 aromatic carbocycles. The maximum Gasteiger partial charge on any atom is 0.263 e. The monoisotopic (exact) mass is 356 g/mol. The van der Waals surface area contributed by atoms with Gasteiger partial charge in [-0.15, -0.1) is 23.7 Å². The Morgan fingerprint density at radius 2 is 2.09 bits per heavy atom. The molecule has 1 atom stereocenters. The Labute approximate surface area is 150 Å². The molecule has 1 N–H and O–H groups in total. The molecule has 0 bridgehead atoms. The van der Waals surface area contributed by atoms with Crippen LogP contribution in [0.15, 0.2) is 6.07 Å². The van der Waals surface area contributed by atoms with E-state index in [1.165, 1.54) is 29.7 Å². The lowest BCUT2D eigenvalue weighted by Crippen LogP contribution is -2.38. The number of rotatable bonds is 4. The van der Waals surface area contributed by atoms with Gasteiger partial charge < -0.3 is 10.2 Å². The Balaban J connectivity index is 0.00000192. The van der Waals surface area contributed by atoms with Gasteiger partial charge >= 0.3 is 0 Å². The van der Waals surface area contributed by atoms with Crippen LogP contribution in [0.1, 0.15) is 52.7 Å². The number of halogens is 1. The number of carbonyl (C=O) groups is 1. The van der Waals surface area contributed by atoms with E-state index in [-0.39, 0.29) is 18.3 Å². The summed E-state index contributed by atoms with van der Waals surface area (Å²) >= 11 is 1.75. The van der Waals surface area contributed by atoms with Gasteiger partial charge in [-0.1, -0.05) is 6.92 Å². The minimum absolute atomic E-state index is 0. The van der Waals surface area contributed by atoms with Crippen LogP contribution in [0.4, 0.5) is 0 Å². The van der Waals surface area contributed by atoms with Crippen molar-refractivity contribution in [2.45, 2.75) is 45.4 Å². The summed E-state index contributed by atoms with van der Waals surface area (Å²) < 4.78 is 0. The topological polar surface area (TPSA) is 32.3 Å². The van der Waals surface area contributed by atoms with Crippen molar-refractivity contribution in [2.75, 3.05) is 26.7 Å². The minimum atomic E-state index is 0. The van der Waals surface area contributed by atoms with Gasteiger partial charge in [0.2, 0.25) is 0 Å². The lowest BCUT2D eigenvalue weighted by Gasteiger charge is -2.31. The first-order valence-corrected chi connectivity index (χ1v) is 9.54. The second kappa shape index (κ2) is 8.50. The predicted molar refractivity (Wildman–Crippen MR) is 99.9 cm³/mol. The third-order valence-electron chi connectivity index (χ3n) is 5.24. The Morgan fingerprint density at radius 3 is 2.78 bits per heavy atom. The van der Waals surface area contributed by atoms with Gasteiger partial charge in [0.05, 0.1) is 4.88 Å². The third-order valence-corrected chi connectivity index (χ3v) is 6.47. The number of hydrogen-bond acceptors (Lipinski definition) is 3. The quantitative estimate of drug-likeness (QED) is 0.890. The van der Waals surface area contributed by atoms with Crippen molar-refractivity contribution in [3.05, 3.63) is 21.4 Å². The number of carbonyl (C=O) groups excluding carboxylic acids is 1. The van der Waals surface area contributed by atoms with Gasteiger partial charge in [0.1, 0.15) is 0 Å². The lowest BCUT2D eigenvalue weighted by molar-refractivity contribution is 0.0692. The lowest BCUT2D eigenvalue weighted by atomic mass is 9.90. The van der Waals surface area contributed by atoms with E-state index in [4.69, 9.17) is 0 Å². The van der Waals surface area contributed by atoms with Gasteiger partial charge in [-0.05, 0) is 75.6 Å². The average molecular weight is 357 g/mol. The number of hydrogen-bond donors (Lipinski definition) is 1. The number of thiophene rings is 1. The molecule has 1 aliphatic heterocycles. The summed E-state index contributed by atoms with van der Waals surface area (Å²) in [6.07, 6.45) is 7.17. The Kier molecular flexibility index (Phi) is 6.93. The highest BCUT2D eigenvalue weighted by molar-refractivity contribution is 7.14. The van der Waals surface area contributed by atoms with Crippen LogP contribution < -0.4 is 5.32 Å². The highest BCUT2D eigenvalue weighted by atomic mass is 35.5. The smallest absolute Gasteiger partial charge is 0.263 e. The number of fused-ring (bicyclic) bond motifs is 1. The van der Waals surface area contributed by atoms with Crippen LogP contribution in [-0.4, -0.2) is 37.5 Å². The molecular weight excluding hydrogens is 328 g/mol. The largest absolute Gasteiger partial charge is 0.338 e. The van der Waals surface area contributed by atoms with Crippen molar-refractivity contribution in [3.63, 3.8) is 0 Å². The molecule has 0 radical (unpaired) electrons. The van der Waals surface area contributed by atoms with Crippen molar-refractivity contribution in [2.24, 2.45) is 11.8 Å². The number of piperidine rings is 1. The van der Waals surface area contributed by atoms with Gasteiger partial charge in [0.15, 0.2) is 0 Å². The normalized spacial score (nSPS) is 21.7. The number of nitrogens with one attached hydrogen (secondary N) is 1. The van der Waals surface area contributed by atoms with Crippen LogP contribution in [0.5, 0.6) is 0 Å². The summed E-state index contributed by atoms with van der Waals surface area (Å²) in [5.41, 5.74) is 1.44. The molecule has 0 saturated carbocycles. The van der Waals surface area contributed by atoms with Gasteiger partial charge in [-0.2, -0.15) is 0 Å². The molecule has 1 unspecified atom stereocenters. The van der Waals surface area contributed by atoms with E-state index >= 15 is 0 Å². The minimum Gasteiger partial charge on any atom is -0.338 e. The van der Waals surface area contributed by atoms with E-state index in [2.05, 4.69) is 23.2 Å². The summed E-state index contributed by atoms with van der Waals surface area (Å²) in [7, 11) is 2.01. The zero-order valence-electron chi connectivity index (χ0n) is 14.3. The predicted octanol–water partition coefficient (Wildman–Crippen LogP) is 3.76. The van der Waals surface area contributed by atoms with Crippen LogP contribution >= 0.6 is 23.7 Å². The number of aryl methyl sites for hydroxylation is 1.